The van der Waals surface area contributed by atoms with Crippen LogP contribution in [0.25, 0.3) is 0 Å². The monoisotopic (exact) mass is 266 g/mol. The van der Waals surface area contributed by atoms with E-state index >= 15 is 0 Å². The molecule has 0 aromatic heterocycles. The van der Waals surface area contributed by atoms with Crippen LogP contribution in [-0.2, 0) is 0 Å². The number of hydrogen-bond donors (Lipinski definition) is 0. The van der Waals surface area contributed by atoms with Crippen LogP contribution < -0.4 is 0 Å². The van der Waals surface area contributed by atoms with Crippen LogP contribution in [0.2, 0.25) is 0 Å². The molecule has 1 heteroatoms. The van der Waals surface area contributed by atoms with Gasteiger partial charge in [0.15, 0.2) is 0 Å². The summed E-state index contributed by atoms with van der Waals surface area (Å²) in [5, 5.41) is 0. The summed E-state index contributed by atoms with van der Waals surface area (Å²) < 4.78 is 11.8. The fourth-order valence-electron chi connectivity index (χ4n) is 0. The van der Waals surface area contributed by atoms with Crippen LogP contribution in [-0.4, -0.2) is 6.17 Å². The van der Waals surface area contributed by atoms with Crippen LogP contribution in [0.15, 0.2) is 0 Å². The lowest BCUT2D eigenvalue weighted by atomic mass is 10.1. The number of halogens is 1. The zero-order valence-corrected chi connectivity index (χ0v) is 15.4. The zero-order chi connectivity index (χ0) is 16.0. The molecule has 0 spiro atoms. The van der Waals surface area contributed by atoms with E-state index in [0.717, 1.165) is 0 Å². The Kier molecular flexibility index (Phi) is 74.4. The Labute approximate surface area is 119 Å². The van der Waals surface area contributed by atoms with Crippen LogP contribution >= 0.6 is 0 Å². The van der Waals surface area contributed by atoms with Gasteiger partial charge < -0.3 is 0 Å². The first-order valence-corrected chi connectivity index (χ1v) is 8.03. The van der Waals surface area contributed by atoms with Crippen molar-refractivity contribution in [3.8, 4) is 0 Å². The lowest BCUT2D eigenvalue weighted by Gasteiger charge is -2.01. The molecule has 0 aliphatic carbocycles. The molecule has 0 aliphatic rings. The summed E-state index contributed by atoms with van der Waals surface area (Å²) in [6.45, 7) is 22.2. The summed E-state index contributed by atoms with van der Waals surface area (Å²) in [6.07, 6.45) is 4.49. The highest BCUT2D eigenvalue weighted by Crippen LogP contribution is 2.02. The van der Waals surface area contributed by atoms with E-state index in [-0.39, 0.29) is 5.92 Å². The average Bonchev–Trinajstić information content (AvgIpc) is 2.34. The summed E-state index contributed by atoms with van der Waals surface area (Å²) in [5.74, 6) is 0.185. The second kappa shape index (κ2) is 43.6. The van der Waals surface area contributed by atoms with Crippen LogP contribution in [0.4, 0.5) is 4.39 Å². The predicted molar refractivity (Wildman–Crippen MR) is 89.3 cm³/mol. The Morgan fingerprint density at radius 2 is 0.778 bits per heavy atom. The van der Waals surface area contributed by atoms with E-state index in [4.69, 9.17) is 0 Å². The van der Waals surface area contributed by atoms with Crippen LogP contribution in [0.1, 0.15) is 102 Å². The van der Waals surface area contributed by atoms with Crippen molar-refractivity contribution in [1.82, 2.24) is 0 Å². The molecule has 1 unspecified atom stereocenters. The van der Waals surface area contributed by atoms with Gasteiger partial charge in [-0.05, 0) is 12.8 Å². The lowest BCUT2D eigenvalue weighted by molar-refractivity contribution is 0.280. The third-order valence-corrected chi connectivity index (χ3v) is 1.42. The molecule has 0 aromatic carbocycles. The van der Waals surface area contributed by atoms with Gasteiger partial charge in [0.25, 0.3) is 0 Å². The van der Waals surface area contributed by atoms with Crippen molar-refractivity contribution in [3.05, 3.63) is 0 Å². The van der Waals surface area contributed by atoms with E-state index in [1.807, 2.05) is 27.7 Å². The first-order chi connectivity index (χ1) is 8.39. The van der Waals surface area contributed by atoms with Crippen molar-refractivity contribution in [2.45, 2.75) is 108 Å². The summed E-state index contributed by atoms with van der Waals surface area (Å²) >= 11 is 0. The maximum atomic E-state index is 11.8. The molecule has 0 aromatic rings. The highest BCUT2D eigenvalue weighted by atomic mass is 19.1. The Morgan fingerprint density at radius 1 is 0.667 bits per heavy atom. The van der Waals surface area contributed by atoms with Crippen molar-refractivity contribution in [3.63, 3.8) is 0 Å². The molecule has 0 saturated carbocycles. The Bertz CT molecular complexity index is 58.0. The molecule has 0 N–H and O–H groups in total. The molecule has 0 bridgehead atoms. The molecule has 0 aliphatic heterocycles. The van der Waals surface area contributed by atoms with Crippen molar-refractivity contribution in [2.24, 2.45) is 5.92 Å². The fourth-order valence-corrected chi connectivity index (χ4v) is 0. The minimum Gasteiger partial charge on any atom is -0.248 e. The molecule has 1 atom stereocenters. The number of unbranched alkanes of at least 4 members (excludes halogenated alkanes) is 1. The molecule has 0 heterocycles. The summed E-state index contributed by atoms with van der Waals surface area (Å²) in [5.41, 5.74) is 0. The summed E-state index contributed by atoms with van der Waals surface area (Å²) in [4.78, 5) is 0. The van der Waals surface area contributed by atoms with E-state index in [0.29, 0.717) is 0 Å². The molecule has 0 rings (SSSR count). The maximum Gasteiger partial charge on any atom is 0.0996 e. The molecule has 118 valence electrons. The molecule has 0 radical (unpaired) electrons. The van der Waals surface area contributed by atoms with Crippen molar-refractivity contribution < 1.29 is 4.39 Å². The van der Waals surface area contributed by atoms with Crippen molar-refractivity contribution in [2.75, 3.05) is 0 Å². The minimum absolute atomic E-state index is 0.185. The molecule has 0 nitrogen and oxygen atoms in total. The number of rotatable bonds is 2. The van der Waals surface area contributed by atoms with E-state index in [2.05, 4.69) is 41.5 Å². The molecule has 0 fully saturated rings. The van der Waals surface area contributed by atoms with Gasteiger partial charge in [-0.3, -0.25) is 0 Å². The third kappa shape index (κ3) is 146. The maximum absolute atomic E-state index is 11.8. The number of hydrogen-bond acceptors (Lipinski definition) is 0. The van der Waals surface area contributed by atoms with Gasteiger partial charge in [-0.15, -0.1) is 0 Å². The summed E-state index contributed by atoms with van der Waals surface area (Å²) in [6, 6.07) is 0. The molecular weight excluding hydrogens is 223 g/mol. The Balaban J connectivity index is -0.0000000416. The molecule has 0 saturated heterocycles. The average molecular weight is 267 g/mol. The highest BCUT2D eigenvalue weighted by Gasteiger charge is 2.00. The van der Waals surface area contributed by atoms with Gasteiger partial charge in [-0.2, -0.15) is 0 Å². The van der Waals surface area contributed by atoms with E-state index in [1.165, 1.54) is 25.7 Å². The van der Waals surface area contributed by atoms with Crippen LogP contribution in [0, 0.1) is 5.92 Å². The van der Waals surface area contributed by atoms with Gasteiger partial charge in [0, 0.05) is 0 Å². The normalized spacial score (nSPS) is 9.17. The first kappa shape index (κ1) is 30.7. The van der Waals surface area contributed by atoms with E-state index < -0.39 is 6.17 Å². The predicted octanol–water partition coefficient (Wildman–Crippen LogP) is 7.67. The van der Waals surface area contributed by atoms with Crippen LogP contribution in [0.5, 0.6) is 0 Å². The second-order valence-electron chi connectivity index (χ2n) is 4.34. The lowest BCUT2D eigenvalue weighted by Crippen LogP contribution is -2.01. The third-order valence-electron chi connectivity index (χ3n) is 1.42. The van der Waals surface area contributed by atoms with Gasteiger partial charge in [0.1, 0.15) is 0 Å². The van der Waals surface area contributed by atoms with E-state index in [9.17, 15) is 4.39 Å². The zero-order valence-electron chi connectivity index (χ0n) is 15.4. The van der Waals surface area contributed by atoms with E-state index in [1.54, 1.807) is 6.92 Å². The number of alkyl halides is 1. The molecule has 0 amide bonds. The van der Waals surface area contributed by atoms with Crippen molar-refractivity contribution in [1.29, 1.82) is 0 Å². The van der Waals surface area contributed by atoms with Crippen molar-refractivity contribution >= 4 is 0 Å². The highest BCUT2D eigenvalue weighted by molar-refractivity contribution is 4.49. The van der Waals surface area contributed by atoms with Gasteiger partial charge in [-0.1, -0.05) is 94.9 Å². The van der Waals surface area contributed by atoms with Gasteiger partial charge in [0.05, 0.1) is 6.17 Å². The topological polar surface area (TPSA) is 0 Å². The molecular formula is C17H43F. The molecule has 18 heavy (non-hydrogen) atoms. The standard InChI is InChI=1S/C5H11F.C4H10.2C3H8.C2H6/c1-4(2)5(3)6;1-3-4-2;2*1-3-2;1-2/h4-5H,1-3H3;3-4H2,1-2H3;2*3H2,1-2H3;1-2H3. The Morgan fingerprint density at radius 3 is 0.778 bits per heavy atom. The second-order valence-corrected chi connectivity index (χ2v) is 4.34. The van der Waals surface area contributed by atoms with Crippen LogP contribution in [0.3, 0.4) is 0 Å². The Hall–Kier alpha value is -0.0700. The first-order valence-electron chi connectivity index (χ1n) is 8.03. The van der Waals surface area contributed by atoms with Gasteiger partial charge in [0.2, 0.25) is 0 Å². The smallest absolute Gasteiger partial charge is 0.0996 e. The summed E-state index contributed by atoms with van der Waals surface area (Å²) in [7, 11) is 0. The van der Waals surface area contributed by atoms with Gasteiger partial charge >= 0.3 is 0 Å². The van der Waals surface area contributed by atoms with Gasteiger partial charge in [-0.25, -0.2) is 4.39 Å². The quantitative estimate of drug-likeness (QED) is 0.481. The largest absolute Gasteiger partial charge is 0.248 e. The minimum atomic E-state index is -0.648. The SMILES string of the molecule is CC.CC(C)C(C)F.CCC.CCC.CCCC. The fraction of sp³-hybridized carbons (Fsp3) is 1.00.